The zero-order valence-corrected chi connectivity index (χ0v) is 12.0. The lowest BCUT2D eigenvalue weighted by molar-refractivity contribution is 0.113. The van der Waals surface area contributed by atoms with Crippen LogP contribution in [0.3, 0.4) is 0 Å². The summed E-state index contributed by atoms with van der Waals surface area (Å²) in [6, 6.07) is 9.13. The van der Waals surface area contributed by atoms with Gasteiger partial charge in [0.25, 0.3) is 0 Å². The van der Waals surface area contributed by atoms with Crippen LogP contribution in [0.1, 0.15) is 38.3 Å². The largest absolute Gasteiger partial charge is 0.327 e. The van der Waals surface area contributed by atoms with Gasteiger partial charge >= 0.3 is 0 Å². The number of rotatable bonds is 3. The molecule has 0 spiro atoms. The van der Waals surface area contributed by atoms with Crippen LogP contribution in [0.4, 0.5) is 0 Å². The highest BCUT2D eigenvalue weighted by molar-refractivity contribution is 6.30. The first-order chi connectivity index (χ1) is 8.61. The minimum Gasteiger partial charge on any atom is -0.327 e. The van der Waals surface area contributed by atoms with E-state index < -0.39 is 0 Å². The molecule has 0 aromatic heterocycles. The van der Waals surface area contributed by atoms with E-state index in [4.69, 9.17) is 17.3 Å². The third kappa shape index (κ3) is 3.05. The van der Waals surface area contributed by atoms with Crippen molar-refractivity contribution in [2.75, 3.05) is 13.1 Å². The molecule has 3 atom stereocenters. The smallest absolute Gasteiger partial charge is 0.0406 e. The number of nitrogens with zero attached hydrogens (tertiary/aromatic N) is 1. The van der Waals surface area contributed by atoms with Crippen LogP contribution in [0.2, 0.25) is 5.02 Å². The maximum Gasteiger partial charge on any atom is 0.0406 e. The van der Waals surface area contributed by atoms with Crippen LogP contribution in [0.15, 0.2) is 24.3 Å². The van der Waals surface area contributed by atoms with Gasteiger partial charge in [-0.3, -0.25) is 4.90 Å². The Morgan fingerprint density at radius 3 is 2.61 bits per heavy atom. The second-order valence-electron chi connectivity index (χ2n) is 5.40. The fourth-order valence-corrected chi connectivity index (χ4v) is 2.99. The molecule has 1 fully saturated rings. The van der Waals surface area contributed by atoms with E-state index in [1.54, 1.807) is 0 Å². The number of benzene rings is 1. The molecular weight excluding hydrogens is 244 g/mol. The summed E-state index contributed by atoms with van der Waals surface area (Å²) in [5, 5.41) is 0.808. The van der Waals surface area contributed by atoms with Gasteiger partial charge in [0, 0.05) is 30.2 Å². The summed E-state index contributed by atoms with van der Waals surface area (Å²) in [5.41, 5.74) is 7.46. The van der Waals surface area contributed by atoms with Crippen LogP contribution in [0, 0.1) is 5.92 Å². The summed E-state index contributed by atoms with van der Waals surface area (Å²) in [6.45, 7) is 6.71. The Bertz CT molecular complexity index is 377. The lowest BCUT2D eigenvalue weighted by Gasteiger charge is -2.40. The monoisotopic (exact) mass is 266 g/mol. The van der Waals surface area contributed by atoms with E-state index in [1.807, 2.05) is 12.1 Å². The SMILES string of the molecule is CCC(c1ccc(Cl)cc1)N1CCC(N)C(C)C1. The summed E-state index contributed by atoms with van der Waals surface area (Å²) in [6.07, 6.45) is 2.23. The third-order valence-corrected chi connectivity index (χ3v) is 4.34. The number of halogens is 1. The molecule has 2 rings (SSSR count). The van der Waals surface area contributed by atoms with Gasteiger partial charge in [0.15, 0.2) is 0 Å². The predicted molar refractivity (Wildman–Crippen MR) is 77.8 cm³/mol. The summed E-state index contributed by atoms with van der Waals surface area (Å²) < 4.78 is 0. The van der Waals surface area contributed by atoms with Crippen molar-refractivity contribution in [3.8, 4) is 0 Å². The van der Waals surface area contributed by atoms with Gasteiger partial charge in [0.2, 0.25) is 0 Å². The van der Waals surface area contributed by atoms with Gasteiger partial charge < -0.3 is 5.73 Å². The average Bonchev–Trinajstić information content (AvgIpc) is 2.37. The van der Waals surface area contributed by atoms with E-state index >= 15 is 0 Å². The minimum atomic E-state index is 0.365. The number of hydrogen-bond acceptors (Lipinski definition) is 2. The maximum atomic E-state index is 6.10. The van der Waals surface area contributed by atoms with Crippen LogP contribution in [-0.2, 0) is 0 Å². The highest BCUT2D eigenvalue weighted by Gasteiger charge is 2.27. The van der Waals surface area contributed by atoms with Crippen molar-refractivity contribution < 1.29 is 0 Å². The van der Waals surface area contributed by atoms with Crippen LogP contribution >= 0.6 is 11.6 Å². The van der Waals surface area contributed by atoms with Crippen LogP contribution in [-0.4, -0.2) is 24.0 Å². The quantitative estimate of drug-likeness (QED) is 0.908. The molecule has 3 heteroatoms. The van der Waals surface area contributed by atoms with Crippen molar-refractivity contribution >= 4 is 11.6 Å². The molecule has 0 amide bonds. The van der Waals surface area contributed by atoms with Gasteiger partial charge in [-0.15, -0.1) is 0 Å². The van der Waals surface area contributed by atoms with E-state index in [2.05, 4.69) is 30.9 Å². The predicted octanol–water partition coefficient (Wildman–Crippen LogP) is 3.46. The Morgan fingerprint density at radius 2 is 2.06 bits per heavy atom. The number of likely N-dealkylation sites (tertiary alicyclic amines) is 1. The Hall–Kier alpha value is -0.570. The molecule has 2 nitrogen and oxygen atoms in total. The van der Waals surface area contributed by atoms with Gasteiger partial charge in [0.1, 0.15) is 0 Å². The molecule has 0 radical (unpaired) electrons. The summed E-state index contributed by atoms with van der Waals surface area (Å²) >= 11 is 5.96. The summed E-state index contributed by atoms with van der Waals surface area (Å²) in [7, 11) is 0. The molecule has 18 heavy (non-hydrogen) atoms. The molecule has 0 bridgehead atoms. The Morgan fingerprint density at radius 1 is 1.39 bits per heavy atom. The van der Waals surface area contributed by atoms with Gasteiger partial charge in [-0.2, -0.15) is 0 Å². The van der Waals surface area contributed by atoms with E-state index in [1.165, 1.54) is 5.56 Å². The first-order valence-electron chi connectivity index (χ1n) is 6.87. The molecule has 1 aromatic rings. The topological polar surface area (TPSA) is 29.3 Å². The second kappa shape index (κ2) is 6.05. The number of piperidine rings is 1. The van der Waals surface area contributed by atoms with Crippen LogP contribution < -0.4 is 5.73 Å². The molecule has 1 saturated heterocycles. The molecule has 2 N–H and O–H groups in total. The van der Waals surface area contributed by atoms with Crippen molar-refractivity contribution in [3.63, 3.8) is 0 Å². The van der Waals surface area contributed by atoms with E-state index in [0.29, 0.717) is 18.0 Å². The average molecular weight is 267 g/mol. The molecule has 1 heterocycles. The standard InChI is InChI=1S/C15H23ClN2/c1-3-15(12-4-6-13(16)7-5-12)18-9-8-14(17)11(2)10-18/h4-7,11,14-15H,3,8-10,17H2,1-2H3. The molecule has 0 saturated carbocycles. The molecule has 1 aromatic carbocycles. The fourth-order valence-electron chi connectivity index (χ4n) is 2.87. The van der Waals surface area contributed by atoms with Gasteiger partial charge in [-0.25, -0.2) is 0 Å². The zero-order chi connectivity index (χ0) is 13.1. The van der Waals surface area contributed by atoms with Crippen LogP contribution in [0.5, 0.6) is 0 Å². The van der Waals surface area contributed by atoms with Gasteiger partial charge in [0.05, 0.1) is 0 Å². The normalized spacial score (nSPS) is 27.1. The van der Waals surface area contributed by atoms with E-state index in [-0.39, 0.29) is 0 Å². The lowest BCUT2D eigenvalue weighted by atomic mass is 9.91. The first-order valence-corrected chi connectivity index (χ1v) is 7.24. The van der Waals surface area contributed by atoms with Crippen molar-refractivity contribution in [2.24, 2.45) is 11.7 Å². The van der Waals surface area contributed by atoms with Crippen molar-refractivity contribution in [3.05, 3.63) is 34.9 Å². The summed E-state index contributed by atoms with van der Waals surface area (Å²) in [5.74, 6) is 0.583. The number of hydrogen-bond donors (Lipinski definition) is 1. The fraction of sp³-hybridized carbons (Fsp3) is 0.600. The first kappa shape index (κ1) is 13.9. The van der Waals surface area contributed by atoms with Crippen molar-refractivity contribution in [1.29, 1.82) is 0 Å². The Kier molecular flexibility index (Phi) is 4.66. The van der Waals surface area contributed by atoms with Gasteiger partial charge in [-0.1, -0.05) is 37.6 Å². The van der Waals surface area contributed by atoms with E-state index in [9.17, 15) is 0 Å². The highest BCUT2D eigenvalue weighted by atomic mass is 35.5. The summed E-state index contributed by atoms with van der Waals surface area (Å²) in [4.78, 5) is 2.57. The second-order valence-corrected chi connectivity index (χ2v) is 5.84. The van der Waals surface area contributed by atoms with Crippen LogP contribution in [0.25, 0.3) is 0 Å². The number of nitrogens with two attached hydrogens (primary N) is 1. The third-order valence-electron chi connectivity index (χ3n) is 4.09. The Labute approximate surface area is 115 Å². The minimum absolute atomic E-state index is 0.365. The zero-order valence-electron chi connectivity index (χ0n) is 11.3. The molecule has 1 aliphatic rings. The maximum absolute atomic E-state index is 6.10. The van der Waals surface area contributed by atoms with Gasteiger partial charge in [-0.05, 0) is 36.5 Å². The van der Waals surface area contributed by atoms with Crippen molar-refractivity contribution in [2.45, 2.75) is 38.8 Å². The molecule has 1 aliphatic heterocycles. The molecule has 100 valence electrons. The highest BCUT2D eigenvalue weighted by Crippen LogP contribution is 2.29. The molecule has 3 unspecified atom stereocenters. The van der Waals surface area contributed by atoms with Crippen molar-refractivity contribution in [1.82, 2.24) is 4.90 Å². The molecular formula is C15H23ClN2. The van der Waals surface area contributed by atoms with E-state index in [0.717, 1.165) is 31.0 Å². The Balaban J connectivity index is 2.11. The molecule has 0 aliphatic carbocycles. The lowest BCUT2D eigenvalue weighted by Crippen LogP contribution is -2.47.